The van der Waals surface area contributed by atoms with Gasteiger partial charge in [-0.05, 0) is 24.6 Å². The molecule has 2 aliphatic heterocycles. The molecule has 0 aliphatic carbocycles. The largest absolute Gasteiger partial charge is 0.504 e. The Bertz CT molecular complexity index is 787. The zero-order valence-electron chi connectivity index (χ0n) is 13.4. The summed E-state index contributed by atoms with van der Waals surface area (Å²) in [6, 6.07) is 4.06. The third kappa shape index (κ3) is 2.52. The number of aromatic hydroxyl groups is 1. The van der Waals surface area contributed by atoms with Crippen LogP contribution in [0.25, 0.3) is 0 Å². The number of amides is 1. The molecule has 1 saturated heterocycles. The summed E-state index contributed by atoms with van der Waals surface area (Å²) >= 11 is 1.33. The molecule has 0 saturated carbocycles. The van der Waals surface area contributed by atoms with Crippen molar-refractivity contribution in [3.63, 3.8) is 0 Å². The molecule has 0 aromatic heterocycles. The fourth-order valence-corrected chi connectivity index (χ4v) is 3.73. The summed E-state index contributed by atoms with van der Waals surface area (Å²) in [6.07, 6.45) is 0. The molecular weight excluding hydrogens is 332 g/mol. The van der Waals surface area contributed by atoms with Crippen molar-refractivity contribution in [2.24, 2.45) is 4.99 Å². The second kappa shape index (κ2) is 6.20. The van der Waals surface area contributed by atoms with Crippen LogP contribution in [0.5, 0.6) is 11.5 Å². The Labute approximate surface area is 143 Å². The van der Waals surface area contributed by atoms with Crippen molar-refractivity contribution in [2.45, 2.75) is 13.0 Å². The molecule has 1 fully saturated rings. The SMILES string of the molecule is COC(=O)C1=C(C)N=C2SCC(=O)N2[C@@H]1c1ccc(O)c(OC)c1. The number of hydrogen-bond acceptors (Lipinski definition) is 7. The first-order valence-corrected chi connectivity index (χ1v) is 8.16. The first-order chi connectivity index (χ1) is 11.5. The highest BCUT2D eigenvalue weighted by Crippen LogP contribution is 2.42. The van der Waals surface area contributed by atoms with E-state index in [2.05, 4.69) is 4.99 Å². The number of esters is 1. The van der Waals surface area contributed by atoms with Gasteiger partial charge in [0.15, 0.2) is 16.7 Å². The molecule has 0 spiro atoms. The third-order valence-corrected chi connectivity index (χ3v) is 4.85. The molecule has 2 heterocycles. The topological polar surface area (TPSA) is 88.4 Å². The molecule has 126 valence electrons. The van der Waals surface area contributed by atoms with Gasteiger partial charge in [0.2, 0.25) is 5.91 Å². The number of thioether (sulfide) groups is 1. The minimum absolute atomic E-state index is 0.0200. The van der Waals surface area contributed by atoms with Crippen LogP contribution in [0.4, 0.5) is 0 Å². The Balaban J connectivity index is 2.18. The van der Waals surface area contributed by atoms with E-state index in [0.717, 1.165) is 0 Å². The van der Waals surface area contributed by atoms with E-state index in [9.17, 15) is 14.7 Å². The lowest BCUT2D eigenvalue weighted by Gasteiger charge is -2.32. The normalized spacial score (nSPS) is 20.0. The predicted molar refractivity (Wildman–Crippen MR) is 88.9 cm³/mol. The number of carbonyl (C=O) groups excluding carboxylic acids is 2. The Hall–Kier alpha value is -2.48. The standard InChI is InChI=1S/C16H16N2O5S/c1-8-13(15(21)23-3)14(18-12(20)7-24-16(18)17-8)9-4-5-10(19)11(6-9)22-2/h4-6,14,19H,7H2,1-3H3/t14-/m1/s1. The van der Waals surface area contributed by atoms with Gasteiger partial charge in [0.05, 0.1) is 37.3 Å². The summed E-state index contributed by atoms with van der Waals surface area (Å²) in [5, 5.41) is 10.4. The molecule has 0 radical (unpaired) electrons. The number of ether oxygens (including phenoxy) is 2. The molecule has 2 aliphatic rings. The highest BCUT2D eigenvalue weighted by atomic mass is 32.2. The van der Waals surface area contributed by atoms with Gasteiger partial charge in [0, 0.05) is 0 Å². The van der Waals surface area contributed by atoms with Gasteiger partial charge in [-0.15, -0.1) is 0 Å². The Morgan fingerprint density at radius 3 is 2.83 bits per heavy atom. The second-order valence-corrected chi connectivity index (χ2v) is 6.21. The van der Waals surface area contributed by atoms with Crippen LogP contribution >= 0.6 is 11.8 Å². The molecule has 24 heavy (non-hydrogen) atoms. The van der Waals surface area contributed by atoms with Crippen molar-refractivity contribution < 1.29 is 24.2 Å². The van der Waals surface area contributed by atoms with E-state index >= 15 is 0 Å². The molecule has 0 bridgehead atoms. The Morgan fingerprint density at radius 2 is 2.17 bits per heavy atom. The number of nitrogens with zero attached hydrogens (tertiary/aromatic N) is 2. The molecule has 1 aromatic rings. The zero-order valence-corrected chi connectivity index (χ0v) is 14.2. The van der Waals surface area contributed by atoms with Crippen molar-refractivity contribution in [1.29, 1.82) is 0 Å². The smallest absolute Gasteiger partial charge is 0.338 e. The molecule has 1 aromatic carbocycles. The summed E-state index contributed by atoms with van der Waals surface area (Å²) < 4.78 is 10.0. The maximum atomic E-state index is 12.3. The first-order valence-electron chi connectivity index (χ1n) is 7.17. The van der Waals surface area contributed by atoms with Crippen LogP contribution in [0.3, 0.4) is 0 Å². The highest BCUT2D eigenvalue weighted by Gasteiger charge is 2.43. The molecule has 7 nitrogen and oxygen atoms in total. The minimum atomic E-state index is -0.665. The summed E-state index contributed by atoms with van der Waals surface area (Å²) in [4.78, 5) is 30.5. The van der Waals surface area contributed by atoms with E-state index in [1.807, 2.05) is 0 Å². The number of hydrogen-bond donors (Lipinski definition) is 1. The van der Waals surface area contributed by atoms with E-state index in [1.54, 1.807) is 19.1 Å². The molecule has 8 heteroatoms. The molecule has 3 rings (SSSR count). The average Bonchev–Trinajstić information content (AvgIpc) is 2.94. The summed E-state index contributed by atoms with van der Waals surface area (Å²) in [5.41, 5.74) is 1.44. The van der Waals surface area contributed by atoms with Crippen LogP contribution in [-0.2, 0) is 14.3 Å². The number of allylic oxidation sites excluding steroid dienone is 1. The van der Waals surface area contributed by atoms with Gasteiger partial charge in [0.25, 0.3) is 0 Å². The number of fused-ring (bicyclic) bond motifs is 1. The fourth-order valence-electron chi connectivity index (χ4n) is 2.79. The van der Waals surface area contributed by atoms with E-state index in [4.69, 9.17) is 9.47 Å². The lowest BCUT2D eigenvalue weighted by atomic mass is 9.94. The third-order valence-electron chi connectivity index (χ3n) is 3.91. The minimum Gasteiger partial charge on any atom is -0.504 e. The fraction of sp³-hybridized carbons (Fsp3) is 0.312. The van der Waals surface area contributed by atoms with Crippen molar-refractivity contribution in [1.82, 2.24) is 4.90 Å². The number of benzene rings is 1. The highest BCUT2D eigenvalue weighted by molar-refractivity contribution is 8.15. The molecular formula is C16H16N2O5S. The number of amidine groups is 1. The van der Waals surface area contributed by atoms with E-state index in [0.29, 0.717) is 22.0 Å². The molecule has 1 N–H and O–H groups in total. The van der Waals surface area contributed by atoms with E-state index < -0.39 is 12.0 Å². The summed E-state index contributed by atoms with van der Waals surface area (Å²) in [7, 11) is 2.72. The first kappa shape index (κ1) is 16.4. The number of aliphatic imine (C=N–C) groups is 1. The number of rotatable bonds is 3. The second-order valence-electron chi connectivity index (χ2n) is 5.27. The Morgan fingerprint density at radius 1 is 1.42 bits per heavy atom. The summed E-state index contributed by atoms with van der Waals surface area (Å²) in [5.74, 6) is -0.167. The van der Waals surface area contributed by atoms with Gasteiger partial charge < -0.3 is 14.6 Å². The van der Waals surface area contributed by atoms with Gasteiger partial charge in [-0.1, -0.05) is 17.8 Å². The summed E-state index contributed by atoms with van der Waals surface area (Å²) in [6.45, 7) is 1.71. The van der Waals surface area contributed by atoms with Crippen LogP contribution in [0.1, 0.15) is 18.5 Å². The molecule has 1 atom stereocenters. The Kier molecular flexibility index (Phi) is 4.23. The van der Waals surface area contributed by atoms with Crippen molar-refractivity contribution in [3.05, 3.63) is 35.0 Å². The monoisotopic (exact) mass is 348 g/mol. The van der Waals surface area contributed by atoms with Crippen LogP contribution in [0.2, 0.25) is 0 Å². The van der Waals surface area contributed by atoms with E-state index in [-0.39, 0.29) is 23.2 Å². The van der Waals surface area contributed by atoms with Crippen molar-refractivity contribution in [3.8, 4) is 11.5 Å². The van der Waals surface area contributed by atoms with Gasteiger partial charge in [-0.25, -0.2) is 9.79 Å². The van der Waals surface area contributed by atoms with Crippen LogP contribution in [-0.4, -0.2) is 47.0 Å². The molecule has 0 unspecified atom stereocenters. The van der Waals surface area contributed by atoms with Crippen molar-refractivity contribution >= 4 is 28.8 Å². The van der Waals surface area contributed by atoms with Crippen LogP contribution < -0.4 is 4.74 Å². The van der Waals surface area contributed by atoms with Gasteiger partial charge in [-0.2, -0.15) is 0 Å². The zero-order chi connectivity index (χ0) is 17.4. The maximum absolute atomic E-state index is 12.3. The maximum Gasteiger partial charge on any atom is 0.338 e. The quantitative estimate of drug-likeness (QED) is 0.839. The van der Waals surface area contributed by atoms with Gasteiger partial charge in [0.1, 0.15) is 0 Å². The van der Waals surface area contributed by atoms with Crippen LogP contribution in [0, 0.1) is 0 Å². The number of phenols is 1. The van der Waals surface area contributed by atoms with Crippen LogP contribution in [0.15, 0.2) is 34.5 Å². The van der Waals surface area contributed by atoms with Gasteiger partial charge >= 0.3 is 5.97 Å². The number of phenolic OH excluding ortho intramolecular Hbond substituents is 1. The number of carbonyl (C=O) groups is 2. The lowest BCUT2D eigenvalue weighted by molar-refractivity contribution is -0.137. The number of methoxy groups -OCH3 is 2. The van der Waals surface area contributed by atoms with Crippen molar-refractivity contribution in [2.75, 3.05) is 20.0 Å². The lowest BCUT2D eigenvalue weighted by Crippen LogP contribution is -2.39. The predicted octanol–water partition coefficient (Wildman–Crippen LogP) is 1.83. The van der Waals surface area contributed by atoms with Gasteiger partial charge in [-0.3, -0.25) is 9.69 Å². The van der Waals surface area contributed by atoms with E-state index in [1.165, 1.54) is 36.9 Å². The average molecular weight is 348 g/mol. The molecule has 1 amide bonds.